The number of ether oxygens (including phenoxy) is 2. The molecule has 0 spiro atoms. The van der Waals surface area contributed by atoms with E-state index in [2.05, 4.69) is 15.6 Å². The number of aliphatic hydroxyl groups is 1. The highest BCUT2D eigenvalue weighted by atomic mass is 16.5. The molecular weight excluding hydrogens is 300 g/mol. The minimum absolute atomic E-state index is 0.0361. The maximum absolute atomic E-state index is 11.6. The summed E-state index contributed by atoms with van der Waals surface area (Å²) < 4.78 is 12.3. The van der Waals surface area contributed by atoms with Crippen LogP contribution < -0.4 is 14.8 Å². The summed E-state index contributed by atoms with van der Waals surface area (Å²) in [6, 6.07) is 7.31. The predicted molar refractivity (Wildman–Crippen MR) is 82.0 cm³/mol. The van der Waals surface area contributed by atoms with Gasteiger partial charge >= 0.3 is 0 Å². The zero-order chi connectivity index (χ0) is 16.7. The number of aromatic nitrogens is 3. The van der Waals surface area contributed by atoms with Crippen LogP contribution >= 0.6 is 0 Å². The molecule has 1 amide bonds. The van der Waals surface area contributed by atoms with Crippen molar-refractivity contribution in [1.29, 1.82) is 0 Å². The normalized spacial score (nSPS) is 11.8. The molecule has 1 heterocycles. The molecule has 0 fully saturated rings. The van der Waals surface area contributed by atoms with Crippen molar-refractivity contribution in [2.24, 2.45) is 0 Å². The smallest absolute Gasteiger partial charge is 0.241 e. The fourth-order valence-electron chi connectivity index (χ4n) is 1.84. The van der Waals surface area contributed by atoms with Gasteiger partial charge in [-0.25, -0.2) is 4.68 Å². The Balaban J connectivity index is 1.86. The predicted octanol–water partition coefficient (Wildman–Crippen LogP) is 0.363. The van der Waals surface area contributed by atoms with Crippen molar-refractivity contribution in [3.05, 3.63) is 36.2 Å². The molecule has 1 aromatic carbocycles. The molecule has 0 radical (unpaired) electrons. The second-order valence-electron chi connectivity index (χ2n) is 5.00. The van der Waals surface area contributed by atoms with Crippen LogP contribution in [-0.2, 0) is 17.9 Å². The van der Waals surface area contributed by atoms with Gasteiger partial charge in [-0.3, -0.25) is 4.79 Å². The van der Waals surface area contributed by atoms with Crippen LogP contribution in [0.15, 0.2) is 30.5 Å². The molecule has 8 nitrogen and oxygen atoms in total. The lowest BCUT2D eigenvalue weighted by atomic mass is 10.3. The van der Waals surface area contributed by atoms with Gasteiger partial charge in [0.15, 0.2) is 11.5 Å². The number of aliphatic hydroxyl groups excluding tert-OH is 1. The van der Waals surface area contributed by atoms with Crippen molar-refractivity contribution in [3.63, 3.8) is 0 Å². The number of carbonyl (C=O) groups excluding carboxylic acids is 1. The molecule has 2 aromatic rings. The number of nitrogens with zero attached hydrogens (tertiary/aromatic N) is 3. The summed E-state index contributed by atoms with van der Waals surface area (Å²) in [4.78, 5) is 11.6. The molecule has 0 bridgehead atoms. The Bertz CT molecular complexity index is 642. The van der Waals surface area contributed by atoms with Crippen LogP contribution in [-0.4, -0.2) is 45.8 Å². The quantitative estimate of drug-likeness (QED) is 0.729. The molecule has 0 aliphatic carbocycles. The number of hydrogen-bond donors (Lipinski definition) is 2. The fraction of sp³-hybridized carbons (Fsp3) is 0.400. The number of carbonyl (C=O) groups is 1. The molecule has 8 heteroatoms. The summed E-state index contributed by atoms with van der Waals surface area (Å²) in [5.41, 5.74) is 0.597. The largest absolute Gasteiger partial charge is 0.493 e. The number of rotatable bonds is 8. The van der Waals surface area contributed by atoms with Crippen LogP contribution in [0, 0.1) is 0 Å². The molecule has 0 saturated heterocycles. The number of hydrogen-bond acceptors (Lipinski definition) is 6. The van der Waals surface area contributed by atoms with Gasteiger partial charge < -0.3 is 19.9 Å². The van der Waals surface area contributed by atoms with Gasteiger partial charge in [0.2, 0.25) is 5.91 Å². The third-order valence-corrected chi connectivity index (χ3v) is 2.93. The monoisotopic (exact) mass is 320 g/mol. The average Bonchev–Trinajstić information content (AvgIpc) is 2.98. The zero-order valence-corrected chi connectivity index (χ0v) is 13.1. The fourth-order valence-corrected chi connectivity index (χ4v) is 1.84. The van der Waals surface area contributed by atoms with E-state index in [4.69, 9.17) is 14.6 Å². The second kappa shape index (κ2) is 8.14. The Labute approximate surface area is 134 Å². The summed E-state index contributed by atoms with van der Waals surface area (Å²) in [5, 5.41) is 19.5. The molecule has 0 aliphatic heterocycles. The summed E-state index contributed by atoms with van der Waals surface area (Å²) in [5.74, 6) is 1.00. The standard InChI is InChI=1S/C15H20N4O4/c1-11(20)7-16-15(21)9-19-8-12(17-18-19)10-23-14-6-4-3-5-13(14)22-2/h3-6,8,11,20H,7,9-10H2,1-2H3,(H,16,21). The van der Waals surface area contributed by atoms with E-state index in [9.17, 15) is 4.79 Å². The van der Waals surface area contributed by atoms with Crippen molar-refractivity contribution in [3.8, 4) is 11.5 Å². The van der Waals surface area contributed by atoms with Gasteiger partial charge in [0.25, 0.3) is 0 Å². The SMILES string of the molecule is COc1ccccc1OCc1cn(CC(=O)NCC(C)O)nn1. The van der Waals surface area contributed by atoms with Crippen molar-refractivity contribution in [1.82, 2.24) is 20.3 Å². The summed E-state index contributed by atoms with van der Waals surface area (Å²) >= 11 is 0. The van der Waals surface area contributed by atoms with Crippen LogP contribution in [0.3, 0.4) is 0 Å². The molecule has 124 valence electrons. The lowest BCUT2D eigenvalue weighted by molar-refractivity contribution is -0.122. The third-order valence-electron chi connectivity index (χ3n) is 2.93. The molecule has 0 aliphatic rings. The number of amides is 1. The minimum Gasteiger partial charge on any atom is -0.493 e. The van der Waals surface area contributed by atoms with Gasteiger partial charge in [0.05, 0.1) is 19.4 Å². The Hall–Kier alpha value is -2.61. The highest BCUT2D eigenvalue weighted by Gasteiger charge is 2.08. The Morgan fingerprint density at radius 2 is 2.13 bits per heavy atom. The van der Waals surface area contributed by atoms with Gasteiger partial charge in [-0.15, -0.1) is 5.10 Å². The van der Waals surface area contributed by atoms with Gasteiger partial charge in [-0.05, 0) is 19.1 Å². The minimum atomic E-state index is -0.584. The number of nitrogens with one attached hydrogen (secondary N) is 1. The molecule has 1 unspecified atom stereocenters. The zero-order valence-electron chi connectivity index (χ0n) is 13.1. The van der Waals surface area contributed by atoms with Gasteiger partial charge in [-0.2, -0.15) is 0 Å². The van der Waals surface area contributed by atoms with Gasteiger partial charge in [0, 0.05) is 6.54 Å². The summed E-state index contributed by atoms with van der Waals surface area (Å²) in [7, 11) is 1.57. The van der Waals surface area contributed by atoms with Crippen molar-refractivity contribution in [2.45, 2.75) is 26.2 Å². The van der Waals surface area contributed by atoms with Crippen LogP contribution in [0.5, 0.6) is 11.5 Å². The van der Waals surface area contributed by atoms with Crippen molar-refractivity contribution < 1.29 is 19.4 Å². The third kappa shape index (κ3) is 5.26. The van der Waals surface area contributed by atoms with Gasteiger partial charge in [0.1, 0.15) is 18.8 Å². The molecular formula is C15H20N4O4. The Morgan fingerprint density at radius 3 is 2.83 bits per heavy atom. The number of methoxy groups -OCH3 is 1. The first-order valence-electron chi connectivity index (χ1n) is 7.18. The Kier molecular flexibility index (Phi) is 5.93. The highest BCUT2D eigenvalue weighted by molar-refractivity contribution is 5.75. The Morgan fingerprint density at radius 1 is 1.39 bits per heavy atom. The number of benzene rings is 1. The van der Waals surface area contributed by atoms with Crippen LogP contribution in [0.4, 0.5) is 0 Å². The van der Waals surface area contributed by atoms with E-state index in [1.165, 1.54) is 4.68 Å². The maximum atomic E-state index is 11.6. The lowest BCUT2D eigenvalue weighted by Gasteiger charge is -2.08. The van der Waals surface area contributed by atoms with E-state index in [0.717, 1.165) is 0 Å². The maximum Gasteiger partial charge on any atom is 0.241 e. The highest BCUT2D eigenvalue weighted by Crippen LogP contribution is 2.26. The van der Waals surface area contributed by atoms with E-state index in [1.807, 2.05) is 12.1 Å². The van der Waals surface area contributed by atoms with Crippen LogP contribution in [0.2, 0.25) is 0 Å². The van der Waals surface area contributed by atoms with E-state index in [1.54, 1.807) is 32.4 Å². The van der Waals surface area contributed by atoms with Crippen molar-refractivity contribution in [2.75, 3.05) is 13.7 Å². The summed E-state index contributed by atoms with van der Waals surface area (Å²) in [6.45, 7) is 2.06. The molecule has 1 aromatic heterocycles. The average molecular weight is 320 g/mol. The molecule has 1 atom stereocenters. The topological polar surface area (TPSA) is 98.5 Å². The van der Waals surface area contributed by atoms with E-state index >= 15 is 0 Å². The van der Waals surface area contributed by atoms with E-state index in [-0.39, 0.29) is 25.6 Å². The summed E-state index contributed by atoms with van der Waals surface area (Å²) in [6.07, 6.45) is 1.05. The van der Waals surface area contributed by atoms with Crippen LogP contribution in [0.25, 0.3) is 0 Å². The molecule has 2 N–H and O–H groups in total. The molecule has 2 rings (SSSR count). The first-order chi connectivity index (χ1) is 11.1. The van der Waals surface area contributed by atoms with Gasteiger partial charge in [-0.1, -0.05) is 17.3 Å². The molecule has 0 saturated carbocycles. The lowest BCUT2D eigenvalue weighted by Crippen LogP contribution is -2.33. The number of para-hydroxylation sites is 2. The van der Waals surface area contributed by atoms with E-state index in [0.29, 0.717) is 17.2 Å². The first-order valence-corrected chi connectivity index (χ1v) is 7.18. The second-order valence-corrected chi connectivity index (χ2v) is 5.00. The molecule has 23 heavy (non-hydrogen) atoms. The van der Waals surface area contributed by atoms with Crippen molar-refractivity contribution >= 4 is 5.91 Å². The first kappa shape index (κ1) is 16.8. The van der Waals surface area contributed by atoms with Crippen LogP contribution in [0.1, 0.15) is 12.6 Å². The van der Waals surface area contributed by atoms with E-state index < -0.39 is 6.10 Å².